The molecule has 210 valence electrons. The summed E-state index contributed by atoms with van der Waals surface area (Å²) in [5.74, 6) is -0.148. The molecule has 1 aliphatic carbocycles. The second-order valence-electron chi connectivity index (χ2n) is 11.2. The molecule has 1 aliphatic heterocycles. The molecule has 6 heteroatoms. The van der Waals surface area contributed by atoms with Gasteiger partial charge in [-0.25, -0.2) is 0 Å². The molecule has 0 bridgehead atoms. The van der Waals surface area contributed by atoms with Crippen molar-refractivity contribution in [3.05, 3.63) is 103 Å². The van der Waals surface area contributed by atoms with Crippen LogP contribution in [0.3, 0.4) is 0 Å². The third-order valence-electron chi connectivity index (χ3n) is 7.93. The molecule has 2 aliphatic rings. The zero-order valence-corrected chi connectivity index (χ0v) is 28.1. The third-order valence-corrected chi connectivity index (χ3v) is 8.85. The summed E-state index contributed by atoms with van der Waals surface area (Å²) in [6.45, 7) is 14.8. The summed E-state index contributed by atoms with van der Waals surface area (Å²) in [7, 11) is 1.39. The highest BCUT2D eigenvalue weighted by atomic mass is 79.9. The van der Waals surface area contributed by atoms with E-state index in [-0.39, 0.29) is 18.1 Å². The number of fused-ring (bicyclic) bond motifs is 3. The van der Waals surface area contributed by atoms with Crippen molar-refractivity contribution in [3.63, 3.8) is 0 Å². The van der Waals surface area contributed by atoms with Crippen molar-refractivity contribution in [1.29, 1.82) is 0 Å². The topological polar surface area (TPSA) is 32.3 Å². The van der Waals surface area contributed by atoms with Crippen LogP contribution in [0.4, 0.5) is 11.4 Å². The van der Waals surface area contributed by atoms with Gasteiger partial charge >= 0.3 is 12.1 Å². The monoisotopic (exact) mass is 674 g/mol. The van der Waals surface area contributed by atoms with E-state index in [0.29, 0.717) is 0 Å². The van der Waals surface area contributed by atoms with Crippen LogP contribution in [0.2, 0.25) is 0 Å². The van der Waals surface area contributed by atoms with Crippen LogP contribution >= 0.6 is 31.9 Å². The van der Waals surface area contributed by atoms with E-state index >= 15 is 0 Å². The van der Waals surface area contributed by atoms with Crippen LogP contribution in [0, 0.1) is 33.6 Å². The molecule has 0 saturated heterocycles. The van der Waals surface area contributed by atoms with E-state index in [0.717, 1.165) is 8.95 Å². The van der Waals surface area contributed by atoms with Crippen LogP contribution in [0.1, 0.15) is 54.2 Å². The summed E-state index contributed by atoms with van der Waals surface area (Å²) >= 11 is 7.41. The normalized spacial score (nSPS) is 14.1. The smallest absolute Gasteiger partial charge is 0.351 e. The van der Waals surface area contributed by atoms with E-state index in [1.807, 2.05) is 0 Å². The second kappa shape index (κ2) is 11.3. The molecule has 0 atom stereocenters. The first-order valence-electron chi connectivity index (χ1n) is 13.9. The van der Waals surface area contributed by atoms with Crippen LogP contribution in [-0.2, 0) is 9.53 Å². The van der Waals surface area contributed by atoms with Gasteiger partial charge in [-0.3, -0.25) is 4.79 Å². The first-order valence-corrected chi connectivity index (χ1v) is 15.5. The zero-order valence-electron chi connectivity index (χ0n) is 24.9. The highest BCUT2D eigenvalue weighted by Gasteiger charge is 2.54. The molecule has 0 radical (unpaired) electrons. The van der Waals surface area contributed by atoms with Gasteiger partial charge in [0.05, 0.1) is 31.1 Å². The Morgan fingerprint density at radius 1 is 0.756 bits per heavy atom. The van der Waals surface area contributed by atoms with E-state index in [1.165, 1.54) is 74.1 Å². The van der Waals surface area contributed by atoms with Crippen LogP contribution < -0.4 is 0 Å². The fraction of sp³-hybridized carbons (Fsp3) is 0.286. The van der Waals surface area contributed by atoms with Crippen LogP contribution in [0.25, 0.3) is 10.8 Å². The number of halogens is 2. The molecule has 4 aromatic carbocycles. The number of carbonyl (C=O) groups is 1. The number of ether oxygens (including phenoxy) is 1. The molecule has 0 saturated carbocycles. The predicted octanol–water partition coefficient (Wildman–Crippen LogP) is 9.05. The van der Waals surface area contributed by atoms with Gasteiger partial charge in [0, 0.05) is 36.6 Å². The fourth-order valence-electron chi connectivity index (χ4n) is 6.37. The number of carbonyl (C=O) groups excluding carboxylic acids is 1. The molecule has 0 spiro atoms. The van der Waals surface area contributed by atoms with Crippen LogP contribution in [0.15, 0.2) is 69.6 Å². The van der Waals surface area contributed by atoms with Gasteiger partial charge in [-0.2, -0.15) is 0 Å². The van der Waals surface area contributed by atoms with Gasteiger partial charge in [-0.1, -0.05) is 70.0 Å². The Labute approximate surface area is 259 Å². The molecule has 4 nitrogen and oxygen atoms in total. The third kappa shape index (κ3) is 4.99. The predicted molar refractivity (Wildman–Crippen MR) is 176 cm³/mol. The Morgan fingerprint density at radius 2 is 1.15 bits per heavy atom. The van der Waals surface area contributed by atoms with Crippen LogP contribution in [0.5, 0.6) is 0 Å². The first-order chi connectivity index (χ1) is 19.5. The van der Waals surface area contributed by atoms with Crippen molar-refractivity contribution in [2.24, 2.45) is 5.92 Å². The summed E-state index contributed by atoms with van der Waals surface area (Å²) < 4.78 is 11.8. The number of hydrogen-bond donors (Lipinski definition) is 0. The number of aryl methyl sites for hydroxylation is 4. The number of methoxy groups -OCH3 is 1. The van der Waals surface area contributed by atoms with E-state index in [9.17, 15) is 4.79 Å². The zero-order chi connectivity index (χ0) is 29.7. The molecular formula is C35H36Br2N2O2+2. The van der Waals surface area contributed by atoms with Gasteiger partial charge in [0.25, 0.3) is 11.4 Å². The van der Waals surface area contributed by atoms with Gasteiger partial charge in [0.2, 0.25) is 11.4 Å². The molecular weight excluding hydrogens is 640 g/mol. The molecule has 0 aromatic heterocycles. The summed E-state index contributed by atoms with van der Waals surface area (Å²) in [5.41, 5.74) is 13.0. The lowest BCUT2D eigenvalue weighted by molar-refractivity contribution is -0.688. The minimum atomic E-state index is -0.153. The molecule has 0 amide bonds. The van der Waals surface area contributed by atoms with Gasteiger partial charge in [-0.15, -0.1) is 9.15 Å². The van der Waals surface area contributed by atoms with E-state index in [2.05, 4.69) is 141 Å². The highest BCUT2D eigenvalue weighted by Crippen LogP contribution is 2.42. The van der Waals surface area contributed by atoms with Crippen molar-refractivity contribution < 1.29 is 18.7 Å². The largest absolute Gasteiger partial charge is 0.469 e. The van der Waals surface area contributed by atoms with Gasteiger partial charge in [0.1, 0.15) is 0 Å². The molecule has 0 unspecified atom stereocenters. The molecule has 41 heavy (non-hydrogen) atoms. The summed E-state index contributed by atoms with van der Waals surface area (Å²) in [4.78, 5) is 10.3. The standard InChI is InChI=1S/C30H26Br2N2.C5H10O2/c1-16-12-22(31)13-17(2)27(16)33-20(5)34(28-18(3)14-23(32)15-19(28)4)30-25-11-7-9-21-8-6-10-24(26(21)25)29(30)33;1-4(2)5(6)7-3/h6-15,20H,1-5H3;4H,1-3H3/q+2;. The summed E-state index contributed by atoms with van der Waals surface area (Å²) in [6, 6.07) is 22.4. The number of benzene rings is 4. The van der Waals surface area contributed by atoms with Gasteiger partial charge < -0.3 is 4.74 Å². The maximum atomic E-state index is 10.3. The van der Waals surface area contributed by atoms with E-state index in [4.69, 9.17) is 0 Å². The first kappa shape index (κ1) is 29.4. The molecule has 0 fully saturated rings. The van der Waals surface area contributed by atoms with Crippen molar-refractivity contribution in [1.82, 2.24) is 0 Å². The fourth-order valence-corrected chi connectivity index (χ4v) is 7.74. The minimum absolute atomic E-state index is 0.00463. The van der Waals surface area contributed by atoms with Crippen LogP contribution in [-0.4, -0.2) is 39.8 Å². The average molecular weight is 676 g/mol. The van der Waals surface area contributed by atoms with Crippen molar-refractivity contribution >= 4 is 71.4 Å². The number of nitrogens with zero attached hydrogens (tertiary/aromatic N) is 2. The Balaban J connectivity index is 0.000000431. The number of hydrogen-bond acceptors (Lipinski definition) is 2. The lowest BCUT2D eigenvalue weighted by atomic mass is 10.0. The molecule has 1 heterocycles. The SMILES string of the molecule is COC(=O)C(C)C.Cc1cc(Br)cc(C)c1[N+]1=C2C(=[N+](c3c(C)cc(Br)cc3C)C1C)c1cccc3cccc2c13. The summed E-state index contributed by atoms with van der Waals surface area (Å²) in [5, 5.41) is 2.65. The number of esters is 1. The maximum Gasteiger partial charge on any atom is 0.351 e. The molecule has 4 aromatic rings. The maximum absolute atomic E-state index is 10.3. The molecule has 6 rings (SSSR count). The molecule has 0 N–H and O–H groups in total. The Morgan fingerprint density at radius 3 is 1.46 bits per heavy atom. The Bertz CT molecular complexity index is 1640. The van der Waals surface area contributed by atoms with Crippen molar-refractivity contribution in [3.8, 4) is 0 Å². The highest BCUT2D eigenvalue weighted by molar-refractivity contribution is 9.10. The lowest BCUT2D eigenvalue weighted by Crippen LogP contribution is -2.28. The minimum Gasteiger partial charge on any atom is -0.469 e. The van der Waals surface area contributed by atoms with E-state index < -0.39 is 0 Å². The Kier molecular flexibility index (Phi) is 8.10. The summed E-state index contributed by atoms with van der Waals surface area (Å²) in [6.07, 6.45) is 0.130. The quantitative estimate of drug-likeness (QED) is 0.160. The number of rotatable bonds is 3. The second-order valence-corrected chi connectivity index (χ2v) is 13.1. The van der Waals surface area contributed by atoms with Crippen molar-refractivity contribution in [2.45, 2.75) is 54.6 Å². The Hall–Kier alpha value is -3.09. The van der Waals surface area contributed by atoms with Crippen molar-refractivity contribution in [2.75, 3.05) is 7.11 Å². The van der Waals surface area contributed by atoms with Gasteiger partial charge in [-0.05, 0) is 69.5 Å². The van der Waals surface area contributed by atoms with Gasteiger partial charge in [0.15, 0.2) is 0 Å². The lowest BCUT2D eigenvalue weighted by Gasteiger charge is -2.14. The van der Waals surface area contributed by atoms with E-state index in [1.54, 1.807) is 13.8 Å². The average Bonchev–Trinajstić information content (AvgIpc) is 3.37.